The third-order valence-corrected chi connectivity index (χ3v) is 21.0. The molecule has 6 unspecified atom stereocenters. The van der Waals surface area contributed by atoms with Crippen molar-refractivity contribution >= 4 is 89.9 Å². The molecule has 6 heterocycles. The largest absolute Gasteiger partial charge is 0.508 e. The summed E-state index contributed by atoms with van der Waals surface area (Å²) >= 11 is 0. The summed E-state index contributed by atoms with van der Waals surface area (Å²) in [6, 6.07) is 56.6. The standard InChI is InChI=1S/C92H72N4O20/c1-49-9-3-11-53(29-49)93-87(99)73(31-51-21-25-55(97)26-22-51)95-89(101)69-37-75(113-61-17-5-13-57(33-61)105-41-65-45-109-65)81-83-77(115-63-19-7-15-59(35-63)107-43-67-47-111-67)39-71-80-72(92(104)96(91(71)103)74(32-52-23-27-56(98)28-24-52)88(100)94-54-12-4-10-50(2)30-54)40-78(116-64-20-8-16-60(36-64)108-44-68-48-112-68)84(86(80)83)82-76(38-70(90(95)102)79(69)85(81)82)114-62-18-6-14-58(34-62)106-42-66-46-110-66/h3-30,33-40,65-68,73-74,97-98H,31-32,41-48H2,1-2H3,(H,93,99)(H,94,100). The molecule has 116 heavy (non-hydrogen) atoms. The van der Waals surface area contributed by atoms with Gasteiger partial charge in [-0.25, -0.2) is 0 Å². The molecule has 24 nitrogen and oxygen atoms in total. The van der Waals surface area contributed by atoms with Crippen molar-refractivity contribution in [2.75, 3.05) is 63.5 Å². The molecule has 6 aliphatic rings. The van der Waals surface area contributed by atoms with Crippen LogP contribution in [0.4, 0.5) is 11.4 Å². The molecule has 4 saturated heterocycles. The number of phenols is 2. The van der Waals surface area contributed by atoms with Crippen LogP contribution in [0.25, 0.3) is 43.1 Å². The minimum atomic E-state index is -1.59. The predicted molar refractivity (Wildman–Crippen MR) is 426 cm³/mol. The van der Waals surface area contributed by atoms with E-state index >= 15 is 28.8 Å². The van der Waals surface area contributed by atoms with E-state index in [2.05, 4.69) is 10.6 Å². The number of hydrogen-bond donors (Lipinski definition) is 4. The molecule has 4 N–H and O–H groups in total. The first-order valence-corrected chi connectivity index (χ1v) is 38.0. The highest BCUT2D eigenvalue weighted by molar-refractivity contribution is 6.45. The highest BCUT2D eigenvalue weighted by Crippen LogP contribution is 2.59. The van der Waals surface area contributed by atoms with Crippen LogP contribution >= 0.6 is 0 Å². The van der Waals surface area contributed by atoms with Gasteiger partial charge in [0.1, 0.15) is 143 Å². The first-order valence-electron chi connectivity index (χ1n) is 38.0. The molecular weight excluding hydrogens is 1480 g/mol. The van der Waals surface area contributed by atoms with Crippen molar-refractivity contribution in [3.8, 4) is 80.5 Å². The van der Waals surface area contributed by atoms with E-state index in [-0.39, 0.29) is 187 Å². The van der Waals surface area contributed by atoms with E-state index in [1.54, 1.807) is 158 Å². The fourth-order valence-electron chi connectivity index (χ4n) is 15.1. The van der Waals surface area contributed by atoms with Gasteiger partial charge in [-0.2, -0.15) is 0 Å². The van der Waals surface area contributed by atoms with Gasteiger partial charge in [-0.05, 0) is 157 Å². The summed E-state index contributed by atoms with van der Waals surface area (Å²) in [6.45, 7) is 6.67. The molecule has 0 radical (unpaired) electrons. The molecular formula is C92H72N4O20. The Kier molecular flexibility index (Phi) is 18.7. The zero-order valence-electron chi connectivity index (χ0n) is 62.5. The molecule has 0 spiro atoms. The predicted octanol–water partition coefficient (Wildman–Crippen LogP) is 15.7. The zero-order chi connectivity index (χ0) is 79.0. The number of carbonyl (C=O) groups is 6. The molecule has 6 aliphatic heterocycles. The monoisotopic (exact) mass is 1550 g/mol. The molecule has 6 amide bonds. The number of rotatable bonds is 30. The second kappa shape index (κ2) is 30.0. The number of phenolic OH excluding ortho intramolecular Hbond substituents is 2. The van der Waals surface area contributed by atoms with Crippen molar-refractivity contribution in [2.24, 2.45) is 0 Å². The Balaban J connectivity index is 0.921. The van der Waals surface area contributed by atoms with Gasteiger partial charge < -0.3 is 77.7 Å². The Labute approximate surface area is 662 Å². The number of ether oxygens (including phenoxy) is 12. The number of hydrogen-bond acceptors (Lipinski definition) is 20. The number of nitrogens with zero attached hydrogens (tertiary/aromatic N) is 2. The SMILES string of the molecule is Cc1cccc(NC(=O)C(Cc2ccc(O)cc2)N2C(=O)c3cc(Oc4cccc(OCC5CO5)c4)c4c5c(Oc6cccc(OCC7CO7)c6)cc6c7c(cc(Oc8cccc(OCC9CO9)c8)c(c8c(Oc9cccc(OCC%10CO%10)c9)cc(c3c48)C2=O)c75)C(=O)N(C(Cc2ccc(O)cc2)C(=O)Nc2cccc(C)c2)C6=O)c1. The second-order valence-electron chi connectivity index (χ2n) is 29.5. The number of epoxide rings is 4. The average Bonchev–Trinajstić information content (AvgIpc) is 1.16. The number of fused-ring (bicyclic) bond motifs is 2. The Morgan fingerprint density at radius 1 is 0.353 bits per heavy atom. The van der Waals surface area contributed by atoms with E-state index in [0.717, 1.165) is 20.9 Å². The molecule has 13 aromatic rings. The maximum atomic E-state index is 16.8. The summed E-state index contributed by atoms with van der Waals surface area (Å²) in [7, 11) is 0. The van der Waals surface area contributed by atoms with Gasteiger partial charge in [-0.15, -0.1) is 0 Å². The van der Waals surface area contributed by atoms with E-state index in [1.165, 1.54) is 48.5 Å². The summed E-state index contributed by atoms with van der Waals surface area (Å²) in [5, 5.41) is 28.2. The number of benzene rings is 13. The van der Waals surface area contributed by atoms with Crippen LogP contribution in [0.5, 0.6) is 80.5 Å². The van der Waals surface area contributed by atoms with Gasteiger partial charge in [0.15, 0.2) is 0 Å². The van der Waals surface area contributed by atoms with Crippen LogP contribution in [-0.2, 0) is 41.4 Å². The van der Waals surface area contributed by atoms with Crippen molar-refractivity contribution in [2.45, 2.75) is 63.2 Å². The number of carbonyl (C=O) groups excluding carboxylic acids is 6. The van der Waals surface area contributed by atoms with Crippen molar-refractivity contribution < 1.29 is 95.8 Å². The molecule has 6 atom stereocenters. The molecule has 19 rings (SSSR count). The lowest BCUT2D eigenvalue weighted by atomic mass is 9.80. The van der Waals surface area contributed by atoms with E-state index in [0.29, 0.717) is 71.9 Å². The van der Waals surface area contributed by atoms with Gasteiger partial charge in [0.05, 0.1) is 48.7 Å². The van der Waals surface area contributed by atoms with Crippen LogP contribution in [0.15, 0.2) is 218 Å². The number of anilines is 2. The van der Waals surface area contributed by atoms with Crippen molar-refractivity contribution in [1.82, 2.24) is 9.80 Å². The molecule has 13 aromatic carbocycles. The van der Waals surface area contributed by atoms with E-state index in [4.69, 9.17) is 56.8 Å². The first-order chi connectivity index (χ1) is 56.5. The van der Waals surface area contributed by atoms with E-state index in [9.17, 15) is 10.2 Å². The average molecular weight is 1550 g/mol. The van der Waals surface area contributed by atoms with Gasteiger partial charge in [-0.3, -0.25) is 38.6 Å². The molecule has 4 fully saturated rings. The van der Waals surface area contributed by atoms with Gasteiger partial charge in [0, 0.05) is 91.6 Å². The van der Waals surface area contributed by atoms with Crippen LogP contribution in [0.1, 0.15) is 63.7 Å². The Morgan fingerprint density at radius 3 is 0.888 bits per heavy atom. The van der Waals surface area contributed by atoms with E-state index in [1.807, 2.05) is 26.0 Å². The summed E-state index contributed by atoms with van der Waals surface area (Å²) in [6.07, 6.45) is -1.02. The Hall–Kier alpha value is -13.8. The van der Waals surface area contributed by atoms with Crippen LogP contribution in [0, 0.1) is 13.8 Å². The van der Waals surface area contributed by atoms with Crippen molar-refractivity contribution in [3.05, 3.63) is 263 Å². The first kappa shape index (κ1) is 72.5. The van der Waals surface area contributed by atoms with E-state index < -0.39 is 47.5 Å². The number of nitrogens with one attached hydrogen (secondary N) is 2. The normalized spacial score (nSPS) is 17.4. The topological polar surface area (TPSA) is 297 Å². The maximum Gasteiger partial charge on any atom is 0.262 e. The highest BCUT2D eigenvalue weighted by Gasteiger charge is 2.47. The van der Waals surface area contributed by atoms with Gasteiger partial charge >= 0.3 is 0 Å². The highest BCUT2D eigenvalue weighted by atomic mass is 16.6. The zero-order valence-corrected chi connectivity index (χ0v) is 62.5. The maximum absolute atomic E-state index is 16.8. The number of aryl methyl sites for hydroxylation is 2. The fourth-order valence-corrected chi connectivity index (χ4v) is 15.1. The number of imide groups is 2. The minimum Gasteiger partial charge on any atom is -0.508 e. The summed E-state index contributed by atoms with van der Waals surface area (Å²) in [5.41, 5.74) is 2.93. The van der Waals surface area contributed by atoms with Gasteiger partial charge in [0.25, 0.3) is 23.6 Å². The lowest BCUT2D eigenvalue weighted by Crippen LogP contribution is -2.53. The molecule has 0 saturated carbocycles. The van der Waals surface area contributed by atoms with Gasteiger partial charge in [0.2, 0.25) is 11.8 Å². The van der Waals surface area contributed by atoms with Crippen molar-refractivity contribution in [3.63, 3.8) is 0 Å². The third-order valence-electron chi connectivity index (χ3n) is 21.0. The summed E-state index contributed by atoms with van der Waals surface area (Å²) < 4.78 is 76.8. The van der Waals surface area contributed by atoms with Crippen LogP contribution in [0.2, 0.25) is 0 Å². The molecule has 0 aromatic heterocycles. The van der Waals surface area contributed by atoms with Gasteiger partial charge in [-0.1, -0.05) is 72.8 Å². The lowest BCUT2D eigenvalue weighted by Gasteiger charge is -2.36. The van der Waals surface area contributed by atoms with Crippen molar-refractivity contribution in [1.29, 1.82) is 0 Å². The fraction of sp³-hybridized carbons (Fsp3) is 0.196. The summed E-state index contributed by atoms with van der Waals surface area (Å²) in [5.74, 6) is -3.11. The smallest absolute Gasteiger partial charge is 0.262 e. The molecule has 0 bridgehead atoms. The quantitative estimate of drug-likeness (QED) is 0.0141. The molecule has 580 valence electrons. The third kappa shape index (κ3) is 14.8. The summed E-state index contributed by atoms with van der Waals surface area (Å²) in [4.78, 5) is 100. The Morgan fingerprint density at radius 2 is 0.621 bits per heavy atom. The lowest BCUT2D eigenvalue weighted by molar-refractivity contribution is -0.120. The number of aromatic hydroxyl groups is 2. The second-order valence-corrected chi connectivity index (χ2v) is 29.5. The van der Waals surface area contributed by atoms with Crippen LogP contribution in [-0.4, -0.2) is 145 Å². The molecule has 0 aliphatic carbocycles. The van der Waals surface area contributed by atoms with Crippen LogP contribution < -0.4 is 48.5 Å². The van der Waals surface area contributed by atoms with Crippen LogP contribution in [0.3, 0.4) is 0 Å². The minimum absolute atomic E-state index is 0.0549. The molecule has 24 heteroatoms. The Bertz CT molecular complexity index is 5530. The number of amides is 6.